The molecular formula is C14H17NO3. The molecule has 0 radical (unpaired) electrons. The van der Waals surface area contributed by atoms with Crippen molar-refractivity contribution in [3.8, 4) is 5.75 Å². The average Bonchev–Trinajstić information content (AvgIpc) is 2.83. The highest BCUT2D eigenvalue weighted by molar-refractivity contribution is 5.83. The summed E-state index contributed by atoms with van der Waals surface area (Å²) in [5.74, 6) is 0.283. The average molecular weight is 247 g/mol. The molecule has 1 heterocycles. The van der Waals surface area contributed by atoms with E-state index in [4.69, 9.17) is 9.47 Å². The number of rotatable bonds is 3. The van der Waals surface area contributed by atoms with Crippen LogP contribution in [0.3, 0.4) is 0 Å². The summed E-state index contributed by atoms with van der Waals surface area (Å²) in [6.45, 7) is 4.80. The molecule has 1 fully saturated rings. The molecule has 2 rings (SSSR count). The first-order chi connectivity index (χ1) is 8.66. The highest BCUT2D eigenvalue weighted by atomic mass is 16.5. The maximum atomic E-state index is 11.0. The molecule has 0 N–H and O–H groups in total. The van der Waals surface area contributed by atoms with E-state index in [0.29, 0.717) is 12.4 Å². The summed E-state index contributed by atoms with van der Waals surface area (Å²) in [6.07, 6.45) is 2.81. The van der Waals surface area contributed by atoms with E-state index in [1.165, 1.54) is 6.92 Å². The molecule has 1 saturated heterocycles. The second-order valence-corrected chi connectivity index (χ2v) is 4.36. The van der Waals surface area contributed by atoms with E-state index in [1.54, 1.807) is 6.07 Å². The lowest BCUT2D eigenvalue weighted by atomic mass is 10.1. The third-order valence-corrected chi connectivity index (χ3v) is 2.91. The third-order valence-electron chi connectivity index (χ3n) is 2.91. The Labute approximate surface area is 107 Å². The minimum Gasteiger partial charge on any atom is -0.426 e. The van der Waals surface area contributed by atoms with Gasteiger partial charge in [-0.3, -0.25) is 9.79 Å². The fraction of sp³-hybridized carbons (Fsp3) is 0.429. The van der Waals surface area contributed by atoms with Gasteiger partial charge in [-0.1, -0.05) is 12.1 Å². The molecule has 1 aromatic rings. The van der Waals surface area contributed by atoms with Crippen molar-refractivity contribution < 1.29 is 14.3 Å². The molecular weight excluding hydrogens is 230 g/mol. The van der Waals surface area contributed by atoms with Crippen LogP contribution in [0.5, 0.6) is 5.75 Å². The van der Waals surface area contributed by atoms with E-state index in [-0.39, 0.29) is 12.0 Å². The Morgan fingerprint density at radius 3 is 3.06 bits per heavy atom. The van der Waals surface area contributed by atoms with Crippen LogP contribution in [0.15, 0.2) is 23.2 Å². The zero-order valence-corrected chi connectivity index (χ0v) is 10.7. The molecule has 0 amide bonds. The number of carbonyl (C=O) groups excluding carboxylic acids is 1. The second-order valence-electron chi connectivity index (χ2n) is 4.36. The lowest BCUT2D eigenvalue weighted by Gasteiger charge is -2.08. The largest absolute Gasteiger partial charge is 0.426 e. The van der Waals surface area contributed by atoms with Gasteiger partial charge in [0.25, 0.3) is 0 Å². The van der Waals surface area contributed by atoms with Crippen LogP contribution in [0.4, 0.5) is 0 Å². The number of hydrogen-bond donors (Lipinski definition) is 0. The molecule has 0 aromatic heterocycles. The van der Waals surface area contributed by atoms with Crippen LogP contribution in [0.2, 0.25) is 0 Å². The van der Waals surface area contributed by atoms with E-state index < -0.39 is 0 Å². The van der Waals surface area contributed by atoms with Crippen molar-refractivity contribution in [2.45, 2.75) is 26.3 Å². The standard InChI is InChI=1S/C14H17NO3/c1-10-12(8-15-13-6-7-17-9-13)4-3-5-14(10)18-11(2)16/h3-5,8,13H,6-7,9H2,1-2H3/t13-/m1/s1. The Balaban J connectivity index is 2.14. The van der Waals surface area contributed by atoms with Crippen molar-refractivity contribution in [3.63, 3.8) is 0 Å². The van der Waals surface area contributed by atoms with Gasteiger partial charge >= 0.3 is 5.97 Å². The normalized spacial score (nSPS) is 19.3. The highest BCUT2D eigenvalue weighted by Crippen LogP contribution is 2.20. The van der Waals surface area contributed by atoms with Crippen molar-refractivity contribution >= 4 is 12.2 Å². The van der Waals surface area contributed by atoms with Crippen LogP contribution in [0, 0.1) is 6.92 Å². The Bertz CT molecular complexity index is 462. The lowest BCUT2D eigenvalue weighted by molar-refractivity contribution is -0.131. The monoisotopic (exact) mass is 247 g/mol. The number of aliphatic imine (C=N–C) groups is 1. The molecule has 0 unspecified atom stereocenters. The van der Waals surface area contributed by atoms with Gasteiger partial charge in [-0.05, 0) is 25.0 Å². The van der Waals surface area contributed by atoms with Gasteiger partial charge in [0.2, 0.25) is 0 Å². The molecule has 1 aliphatic rings. The van der Waals surface area contributed by atoms with Gasteiger partial charge in [0.15, 0.2) is 0 Å². The maximum absolute atomic E-state index is 11.0. The molecule has 0 bridgehead atoms. The quantitative estimate of drug-likeness (QED) is 0.467. The topological polar surface area (TPSA) is 47.9 Å². The maximum Gasteiger partial charge on any atom is 0.308 e. The molecule has 1 aliphatic heterocycles. The molecule has 1 aromatic carbocycles. The second kappa shape index (κ2) is 5.78. The Morgan fingerprint density at radius 2 is 2.39 bits per heavy atom. The SMILES string of the molecule is CC(=O)Oc1cccc(C=N[C@@H]2CCOC2)c1C. The summed E-state index contributed by atoms with van der Waals surface area (Å²) in [5, 5.41) is 0. The van der Waals surface area contributed by atoms with Crippen LogP contribution in [-0.2, 0) is 9.53 Å². The van der Waals surface area contributed by atoms with E-state index in [0.717, 1.165) is 24.2 Å². The van der Waals surface area contributed by atoms with E-state index in [1.807, 2.05) is 25.3 Å². The predicted molar refractivity (Wildman–Crippen MR) is 69.3 cm³/mol. The highest BCUT2D eigenvalue weighted by Gasteiger charge is 2.13. The van der Waals surface area contributed by atoms with Crippen LogP contribution in [0.1, 0.15) is 24.5 Å². The van der Waals surface area contributed by atoms with Gasteiger partial charge in [0.1, 0.15) is 5.75 Å². The first-order valence-corrected chi connectivity index (χ1v) is 6.06. The Kier molecular flexibility index (Phi) is 4.10. The molecule has 4 nitrogen and oxygen atoms in total. The van der Waals surface area contributed by atoms with Gasteiger partial charge in [-0.25, -0.2) is 0 Å². The predicted octanol–water partition coefficient (Wildman–Crippen LogP) is 2.13. The van der Waals surface area contributed by atoms with Crippen molar-refractivity contribution in [1.82, 2.24) is 0 Å². The van der Waals surface area contributed by atoms with Crippen LogP contribution < -0.4 is 4.74 Å². The smallest absolute Gasteiger partial charge is 0.308 e. The fourth-order valence-corrected chi connectivity index (χ4v) is 1.86. The summed E-state index contributed by atoms with van der Waals surface area (Å²) in [6, 6.07) is 5.85. The summed E-state index contributed by atoms with van der Waals surface area (Å²) >= 11 is 0. The zero-order valence-electron chi connectivity index (χ0n) is 10.7. The van der Waals surface area contributed by atoms with Crippen molar-refractivity contribution in [1.29, 1.82) is 0 Å². The number of ether oxygens (including phenoxy) is 2. The van der Waals surface area contributed by atoms with Crippen LogP contribution in [-0.4, -0.2) is 31.4 Å². The van der Waals surface area contributed by atoms with Gasteiger partial charge in [-0.15, -0.1) is 0 Å². The molecule has 1 atom stereocenters. The van der Waals surface area contributed by atoms with Gasteiger partial charge in [0.05, 0.1) is 12.6 Å². The number of benzene rings is 1. The van der Waals surface area contributed by atoms with Gasteiger partial charge in [0, 0.05) is 25.3 Å². The third kappa shape index (κ3) is 3.17. The first-order valence-electron chi connectivity index (χ1n) is 6.06. The fourth-order valence-electron chi connectivity index (χ4n) is 1.86. The molecule has 18 heavy (non-hydrogen) atoms. The van der Waals surface area contributed by atoms with Crippen molar-refractivity contribution in [2.75, 3.05) is 13.2 Å². The van der Waals surface area contributed by atoms with Crippen LogP contribution >= 0.6 is 0 Å². The molecule has 4 heteroatoms. The zero-order chi connectivity index (χ0) is 13.0. The summed E-state index contributed by atoms with van der Waals surface area (Å²) < 4.78 is 10.4. The van der Waals surface area contributed by atoms with E-state index in [9.17, 15) is 4.79 Å². The summed E-state index contributed by atoms with van der Waals surface area (Å²) in [5.41, 5.74) is 1.90. The molecule has 0 saturated carbocycles. The molecule has 0 spiro atoms. The van der Waals surface area contributed by atoms with Gasteiger partial charge < -0.3 is 9.47 Å². The number of esters is 1. The summed E-state index contributed by atoms with van der Waals surface area (Å²) in [7, 11) is 0. The minimum absolute atomic E-state index is 0.252. The Hall–Kier alpha value is -1.68. The van der Waals surface area contributed by atoms with E-state index >= 15 is 0 Å². The van der Waals surface area contributed by atoms with Crippen molar-refractivity contribution in [2.24, 2.45) is 4.99 Å². The lowest BCUT2D eigenvalue weighted by Crippen LogP contribution is -2.05. The number of nitrogens with zero attached hydrogens (tertiary/aromatic N) is 1. The van der Waals surface area contributed by atoms with Crippen molar-refractivity contribution in [3.05, 3.63) is 29.3 Å². The first kappa shape index (κ1) is 12.8. The number of carbonyl (C=O) groups is 1. The van der Waals surface area contributed by atoms with Crippen LogP contribution in [0.25, 0.3) is 0 Å². The Morgan fingerprint density at radius 1 is 1.56 bits per heavy atom. The molecule has 0 aliphatic carbocycles. The van der Waals surface area contributed by atoms with E-state index in [2.05, 4.69) is 4.99 Å². The minimum atomic E-state index is -0.309. The number of hydrogen-bond acceptors (Lipinski definition) is 4. The van der Waals surface area contributed by atoms with Gasteiger partial charge in [-0.2, -0.15) is 0 Å². The summed E-state index contributed by atoms with van der Waals surface area (Å²) in [4.78, 5) is 15.5. The molecule has 96 valence electrons.